The number of alkyl halides is 3. The molecule has 0 aliphatic heterocycles. The number of hydrogen-bond donors (Lipinski definition) is 1. The van der Waals surface area contributed by atoms with Crippen molar-refractivity contribution in [3.05, 3.63) is 41.4 Å². The van der Waals surface area contributed by atoms with Crippen LogP contribution < -0.4 is 10.2 Å². The summed E-state index contributed by atoms with van der Waals surface area (Å²) in [6.45, 7) is 2.03. The third-order valence-electron chi connectivity index (χ3n) is 3.30. The average molecular weight is 374 g/mol. The van der Waals surface area contributed by atoms with Gasteiger partial charge in [0.25, 0.3) is 0 Å². The molecular weight excluding hydrogens is 353 g/mol. The zero-order chi connectivity index (χ0) is 18.3. The van der Waals surface area contributed by atoms with Crippen LogP contribution >= 0.6 is 11.3 Å². The maximum atomic E-state index is 13.0. The third kappa shape index (κ3) is 6.28. The van der Waals surface area contributed by atoms with E-state index in [1.165, 1.54) is 17.4 Å². The molecule has 0 saturated carbocycles. The number of nitrogens with zero attached hydrogens (tertiary/aromatic N) is 3. The highest BCUT2D eigenvalue weighted by molar-refractivity contribution is 7.13. The molecule has 0 unspecified atom stereocenters. The molecule has 25 heavy (non-hydrogen) atoms. The van der Waals surface area contributed by atoms with Crippen LogP contribution in [0.3, 0.4) is 0 Å². The number of rotatable bonds is 9. The number of halogens is 3. The van der Waals surface area contributed by atoms with Crippen LogP contribution in [0.4, 0.5) is 24.0 Å². The van der Waals surface area contributed by atoms with E-state index in [4.69, 9.17) is 4.74 Å². The van der Waals surface area contributed by atoms with Gasteiger partial charge in [-0.3, -0.25) is 10.2 Å². The largest absolute Gasteiger partial charge is 0.416 e. The zero-order valence-corrected chi connectivity index (χ0v) is 14.9. The lowest BCUT2D eigenvalue weighted by Gasteiger charge is -2.23. The van der Waals surface area contributed by atoms with Crippen molar-refractivity contribution in [3.63, 3.8) is 0 Å². The lowest BCUT2D eigenvalue weighted by atomic mass is 10.2. The van der Waals surface area contributed by atoms with Gasteiger partial charge in [0.15, 0.2) is 5.13 Å². The van der Waals surface area contributed by atoms with E-state index in [1.807, 2.05) is 19.0 Å². The van der Waals surface area contributed by atoms with Crippen LogP contribution in [0.5, 0.6) is 0 Å². The lowest BCUT2D eigenvalue weighted by Crippen LogP contribution is -2.30. The summed E-state index contributed by atoms with van der Waals surface area (Å²) in [7, 11) is 3.95. The summed E-state index contributed by atoms with van der Waals surface area (Å²) in [6, 6.07) is 5.14. The van der Waals surface area contributed by atoms with Crippen LogP contribution in [0.1, 0.15) is 5.56 Å². The second-order valence-electron chi connectivity index (χ2n) is 5.57. The molecule has 0 aliphatic rings. The summed E-state index contributed by atoms with van der Waals surface area (Å²) in [5.41, 5.74) is -0.311. The fraction of sp³-hybridized carbons (Fsp3) is 0.438. The molecule has 1 heterocycles. The van der Waals surface area contributed by atoms with Gasteiger partial charge in [-0.1, -0.05) is 6.07 Å². The Kier molecular flexibility index (Phi) is 7.18. The highest BCUT2D eigenvalue weighted by Gasteiger charge is 2.31. The van der Waals surface area contributed by atoms with Crippen LogP contribution in [-0.2, 0) is 10.9 Å². The predicted molar refractivity (Wildman–Crippen MR) is 93.1 cm³/mol. The lowest BCUT2D eigenvalue weighted by molar-refractivity contribution is -0.137. The van der Waals surface area contributed by atoms with E-state index in [2.05, 4.69) is 10.3 Å². The molecule has 1 N–H and O–H groups in total. The number of anilines is 2. The molecule has 138 valence electrons. The van der Waals surface area contributed by atoms with Crippen molar-refractivity contribution in [3.8, 4) is 0 Å². The number of nitrogens with one attached hydrogen (secondary N) is 1. The first-order valence-corrected chi connectivity index (χ1v) is 8.53. The summed E-state index contributed by atoms with van der Waals surface area (Å²) in [5, 5.41) is 5.46. The number of aromatic nitrogens is 1. The molecule has 1 aromatic heterocycles. The van der Waals surface area contributed by atoms with E-state index in [9.17, 15) is 13.2 Å². The minimum Gasteiger partial charge on any atom is -0.346 e. The number of benzene rings is 1. The second-order valence-corrected chi connectivity index (χ2v) is 6.44. The quantitative estimate of drug-likeness (QED) is 0.538. The van der Waals surface area contributed by atoms with Crippen molar-refractivity contribution in [2.75, 3.05) is 45.5 Å². The molecular formula is C16H21F3N4OS. The van der Waals surface area contributed by atoms with Crippen molar-refractivity contribution < 1.29 is 17.9 Å². The van der Waals surface area contributed by atoms with Crippen LogP contribution in [-0.4, -0.2) is 50.5 Å². The van der Waals surface area contributed by atoms with Gasteiger partial charge < -0.3 is 9.64 Å². The fourth-order valence-electron chi connectivity index (χ4n) is 2.02. The minimum atomic E-state index is -4.39. The van der Waals surface area contributed by atoms with Gasteiger partial charge in [0.05, 0.1) is 12.3 Å². The summed E-state index contributed by atoms with van der Waals surface area (Å²) < 4.78 is 44.4. The SMILES string of the molecule is CN(C)CCNCOCN(c1cccc(C(F)(F)F)c1)c1nccs1. The molecule has 2 rings (SSSR count). The van der Waals surface area contributed by atoms with E-state index in [0.29, 0.717) is 17.5 Å². The third-order valence-corrected chi connectivity index (χ3v) is 4.09. The Bertz CT molecular complexity index is 635. The van der Waals surface area contributed by atoms with Gasteiger partial charge in [0.1, 0.15) is 6.73 Å². The zero-order valence-electron chi connectivity index (χ0n) is 14.1. The van der Waals surface area contributed by atoms with E-state index in [1.54, 1.807) is 22.5 Å². The van der Waals surface area contributed by atoms with Crippen LogP contribution in [0.25, 0.3) is 0 Å². The highest BCUT2D eigenvalue weighted by atomic mass is 32.1. The molecule has 2 aromatic rings. The van der Waals surface area contributed by atoms with Gasteiger partial charge in [-0.25, -0.2) is 4.98 Å². The van der Waals surface area contributed by atoms with E-state index >= 15 is 0 Å². The first-order valence-electron chi connectivity index (χ1n) is 7.65. The Morgan fingerprint density at radius 2 is 2.08 bits per heavy atom. The van der Waals surface area contributed by atoms with E-state index < -0.39 is 11.7 Å². The Hall–Kier alpha value is -1.68. The fourth-order valence-corrected chi connectivity index (χ4v) is 2.67. The summed E-state index contributed by atoms with van der Waals surface area (Å²) in [4.78, 5) is 7.84. The standard InChI is InChI=1S/C16H21F3N4OS/c1-22(2)8-6-20-11-24-12-23(15-21-7-9-25-15)14-5-3-4-13(10-14)16(17,18)19/h3-5,7,9-10,20H,6,8,11-12H2,1-2H3. The molecule has 0 atom stereocenters. The highest BCUT2D eigenvalue weighted by Crippen LogP contribution is 2.34. The van der Waals surface area contributed by atoms with Gasteiger partial charge in [-0.15, -0.1) is 11.3 Å². The summed E-state index contributed by atoms with van der Waals surface area (Å²) in [6.07, 6.45) is -2.78. The number of thiazole rings is 1. The molecule has 0 amide bonds. The molecule has 1 aromatic carbocycles. The van der Waals surface area contributed by atoms with Crippen LogP contribution in [0, 0.1) is 0 Å². The van der Waals surface area contributed by atoms with Crippen LogP contribution in [0.15, 0.2) is 35.8 Å². The number of ether oxygens (including phenoxy) is 1. The van der Waals surface area contributed by atoms with Crippen molar-refractivity contribution in [1.29, 1.82) is 0 Å². The van der Waals surface area contributed by atoms with E-state index in [0.717, 1.165) is 25.2 Å². The first kappa shape index (κ1) is 19.6. The van der Waals surface area contributed by atoms with Crippen molar-refractivity contribution in [1.82, 2.24) is 15.2 Å². The van der Waals surface area contributed by atoms with E-state index in [-0.39, 0.29) is 6.73 Å². The molecule has 9 heteroatoms. The van der Waals surface area contributed by atoms with Crippen molar-refractivity contribution >= 4 is 22.2 Å². The van der Waals surface area contributed by atoms with Gasteiger partial charge in [-0.2, -0.15) is 13.2 Å². The Balaban J connectivity index is 2.02. The molecule has 0 saturated heterocycles. The molecule has 0 fully saturated rings. The average Bonchev–Trinajstić information content (AvgIpc) is 3.07. The molecule has 0 radical (unpaired) electrons. The monoisotopic (exact) mass is 374 g/mol. The number of hydrogen-bond acceptors (Lipinski definition) is 6. The topological polar surface area (TPSA) is 40.6 Å². The number of likely N-dealkylation sites (N-methyl/N-ethyl adjacent to an activating group) is 1. The first-order chi connectivity index (χ1) is 11.9. The Labute approximate surface area is 149 Å². The normalized spacial score (nSPS) is 11.9. The van der Waals surface area contributed by atoms with Crippen LogP contribution in [0.2, 0.25) is 0 Å². The minimum absolute atomic E-state index is 0.101. The molecule has 0 bridgehead atoms. The summed E-state index contributed by atoms with van der Waals surface area (Å²) >= 11 is 1.34. The Morgan fingerprint density at radius 1 is 1.28 bits per heavy atom. The van der Waals surface area contributed by atoms with Crippen molar-refractivity contribution in [2.24, 2.45) is 0 Å². The maximum absolute atomic E-state index is 13.0. The summed E-state index contributed by atoms with van der Waals surface area (Å²) in [5.74, 6) is 0. The van der Waals surface area contributed by atoms with Crippen molar-refractivity contribution in [2.45, 2.75) is 6.18 Å². The smallest absolute Gasteiger partial charge is 0.346 e. The van der Waals surface area contributed by atoms with Gasteiger partial charge in [0, 0.05) is 30.4 Å². The van der Waals surface area contributed by atoms with Gasteiger partial charge in [0.2, 0.25) is 0 Å². The molecule has 5 nitrogen and oxygen atoms in total. The van der Waals surface area contributed by atoms with Gasteiger partial charge in [-0.05, 0) is 32.3 Å². The Morgan fingerprint density at radius 3 is 2.72 bits per heavy atom. The second kappa shape index (κ2) is 9.14. The van der Waals surface area contributed by atoms with Gasteiger partial charge >= 0.3 is 6.18 Å². The molecule has 0 spiro atoms. The predicted octanol–water partition coefficient (Wildman–Crippen LogP) is 3.38. The maximum Gasteiger partial charge on any atom is 0.416 e. The molecule has 0 aliphatic carbocycles.